The van der Waals surface area contributed by atoms with E-state index in [2.05, 4.69) is 163 Å². The van der Waals surface area contributed by atoms with Crippen LogP contribution in [0.2, 0.25) is 0 Å². The lowest BCUT2D eigenvalue weighted by molar-refractivity contribution is 0.620. The predicted molar refractivity (Wildman–Crippen MR) is 210 cm³/mol. The second kappa shape index (κ2) is 13.2. The fraction of sp³-hybridized carbons (Fsp3) is 0. The lowest BCUT2D eigenvalue weighted by atomic mass is 9.94. The summed E-state index contributed by atoms with van der Waals surface area (Å²) in [6.07, 6.45) is 3.70. The molecule has 0 amide bonds. The van der Waals surface area contributed by atoms with Gasteiger partial charge in [0.05, 0.1) is 0 Å². The van der Waals surface area contributed by atoms with Crippen LogP contribution in [0.4, 0.5) is 0 Å². The van der Waals surface area contributed by atoms with E-state index in [0.717, 1.165) is 77.9 Å². The number of pyridine rings is 1. The Hall–Kier alpha value is -6.84. The number of oxazole rings is 1. The number of aromatic nitrogens is 2. The van der Waals surface area contributed by atoms with E-state index in [0.29, 0.717) is 5.89 Å². The summed E-state index contributed by atoms with van der Waals surface area (Å²) in [7, 11) is 0. The number of benzene rings is 7. The summed E-state index contributed by atoms with van der Waals surface area (Å²) in [5.41, 5.74) is 15.7. The van der Waals surface area contributed by atoms with Crippen molar-refractivity contribution in [3.8, 4) is 78.2 Å². The summed E-state index contributed by atoms with van der Waals surface area (Å²) in [4.78, 5) is 9.64. The van der Waals surface area contributed by atoms with Gasteiger partial charge in [-0.1, -0.05) is 140 Å². The summed E-state index contributed by atoms with van der Waals surface area (Å²) in [5.74, 6) is 0.586. The molecule has 240 valence electrons. The second-order valence-electron chi connectivity index (χ2n) is 12.7. The molecule has 0 N–H and O–H groups in total. The Labute approximate surface area is 297 Å². The van der Waals surface area contributed by atoms with E-state index in [1.165, 1.54) is 5.56 Å². The summed E-state index contributed by atoms with van der Waals surface area (Å²) >= 11 is 0. The van der Waals surface area contributed by atoms with Crippen LogP contribution in [0.3, 0.4) is 0 Å². The van der Waals surface area contributed by atoms with Crippen LogP contribution < -0.4 is 0 Å². The molecule has 0 saturated heterocycles. The maximum atomic E-state index is 6.79. The first-order valence-electron chi connectivity index (χ1n) is 17.1. The standard InChI is InChI=1S/C48H32N2O/c1-4-13-33(14-5-1)36-19-10-21-38(27-36)42-30-45(40-22-11-20-37(28-40)41-23-12-26-49-32-41)47-46(31-42)51-48(50-47)43-25-24-39(34-15-6-2-7-16-34)29-44(43)35-17-8-3-9-18-35/h1-32H. The van der Waals surface area contributed by atoms with Gasteiger partial charge in [-0.25, -0.2) is 4.98 Å². The normalized spacial score (nSPS) is 11.1. The lowest BCUT2D eigenvalue weighted by Gasteiger charge is -2.10. The molecule has 0 bridgehead atoms. The van der Waals surface area contributed by atoms with Crippen LogP contribution in [-0.4, -0.2) is 9.97 Å². The fourth-order valence-electron chi connectivity index (χ4n) is 6.84. The molecule has 3 heteroatoms. The largest absolute Gasteiger partial charge is 0.436 e. The Kier molecular flexibility index (Phi) is 7.84. The highest BCUT2D eigenvalue weighted by molar-refractivity contribution is 5.98. The van der Waals surface area contributed by atoms with E-state index in [1.807, 2.05) is 30.5 Å². The first-order valence-corrected chi connectivity index (χ1v) is 17.1. The Bertz CT molecular complexity index is 2610. The van der Waals surface area contributed by atoms with Crippen LogP contribution in [-0.2, 0) is 0 Å². The topological polar surface area (TPSA) is 38.9 Å². The van der Waals surface area contributed by atoms with Crippen LogP contribution in [0.1, 0.15) is 0 Å². The first-order chi connectivity index (χ1) is 25.3. The van der Waals surface area contributed by atoms with Gasteiger partial charge in [0.15, 0.2) is 5.58 Å². The van der Waals surface area contributed by atoms with Crippen molar-refractivity contribution in [1.82, 2.24) is 9.97 Å². The molecule has 9 rings (SSSR count). The Morgan fingerprint density at radius 1 is 0.333 bits per heavy atom. The number of nitrogens with zero attached hydrogens (tertiary/aromatic N) is 2. The van der Waals surface area contributed by atoms with E-state index in [4.69, 9.17) is 9.40 Å². The van der Waals surface area contributed by atoms with Crippen molar-refractivity contribution in [1.29, 1.82) is 0 Å². The third-order valence-corrected chi connectivity index (χ3v) is 9.41. The van der Waals surface area contributed by atoms with Crippen LogP contribution in [0.5, 0.6) is 0 Å². The predicted octanol–water partition coefficient (Wildman–Crippen LogP) is 12.9. The number of fused-ring (bicyclic) bond motifs is 1. The van der Waals surface area contributed by atoms with Gasteiger partial charge in [-0.2, -0.15) is 0 Å². The summed E-state index contributed by atoms with van der Waals surface area (Å²) in [6.45, 7) is 0. The molecule has 0 radical (unpaired) electrons. The highest BCUT2D eigenvalue weighted by Gasteiger charge is 2.19. The van der Waals surface area contributed by atoms with Crippen LogP contribution in [0.15, 0.2) is 199 Å². The number of hydrogen-bond donors (Lipinski definition) is 0. The highest BCUT2D eigenvalue weighted by Crippen LogP contribution is 2.41. The zero-order chi connectivity index (χ0) is 34.0. The van der Waals surface area contributed by atoms with Crippen molar-refractivity contribution in [2.45, 2.75) is 0 Å². The molecule has 51 heavy (non-hydrogen) atoms. The van der Waals surface area contributed by atoms with Crippen LogP contribution >= 0.6 is 0 Å². The van der Waals surface area contributed by atoms with E-state index in [9.17, 15) is 0 Å². The minimum Gasteiger partial charge on any atom is -0.436 e. The Balaban J connectivity index is 1.25. The van der Waals surface area contributed by atoms with Crippen molar-refractivity contribution < 1.29 is 4.42 Å². The van der Waals surface area contributed by atoms with E-state index >= 15 is 0 Å². The maximum absolute atomic E-state index is 6.79. The quantitative estimate of drug-likeness (QED) is 0.172. The van der Waals surface area contributed by atoms with E-state index in [-0.39, 0.29) is 0 Å². The van der Waals surface area contributed by atoms with Gasteiger partial charge in [0.2, 0.25) is 5.89 Å². The Morgan fingerprint density at radius 3 is 1.53 bits per heavy atom. The van der Waals surface area contributed by atoms with E-state index < -0.39 is 0 Å². The second-order valence-corrected chi connectivity index (χ2v) is 12.7. The van der Waals surface area contributed by atoms with Crippen LogP contribution in [0.25, 0.3) is 89.3 Å². The molecule has 7 aromatic carbocycles. The molecule has 0 aliphatic rings. The van der Waals surface area contributed by atoms with Crippen molar-refractivity contribution in [2.24, 2.45) is 0 Å². The van der Waals surface area contributed by atoms with E-state index in [1.54, 1.807) is 6.20 Å². The molecule has 0 fully saturated rings. The fourth-order valence-corrected chi connectivity index (χ4v) is 6.84. The smallest absolute Gasteiger partial charge is 0.227 e. The van der Waals surface area contributed by atoms with Gasteiger partial charge in [-0.3, -0.25) is 4.98 Å². The molecule has 0 unspecified atom stereocenters. The summed E-state index contributed by atoms with van der Waals surface area (Å²) in [5, 5.41) is 0. The molecular weight excluding hydrogens is 621 g/mol. The molecular formula is C48H32N2O. The molecule has 0 spiro atoms. The maximum Gasteiger partial charge on any atom is 0.227 e. The molecule has 0 aliphatic carbocycles. The molecule has 0 saturated carbocycles. The molecule has 3 nitrogen and oxygen atoms in total. The number of rotatable bonds is 7. The van der Waals surface area contributed by atoms with Crippen molar-refractivity contribution >= 4 is 11.1 Å². The van der Waals surface area contributed by atoms with Gasteiger partial charge in [-0.15, -0.1) is 0 Å². The average molecular weight is 653 g/mol. The van der Waals surface area contributed by atoms with Gasteiger partial charge < -0.3 is 4.42 Å². The monoisotopic (exact) mass is 652 g/mol. The average Bonchev–Trinajstić information content (AvgIpc) is 3.66. The zero-order valence-electron chi connectivity index (χ0n) is 27.8. The lowest BCUT2D eigenvalue weighted by Crippen LogP contribution is -1.88. The third kappa shape index (κ3) is 6.03. The minimum absolute atomic E-state index is 0.586. The van der Waals surface area contributed by atoms with Gasteiger partial charge >= 0.3 is 0 Å². The van der Waals surface area contributed by atoms with Gasteiger partial charge in [0.25, 0.3) is 0 Å². The molecule has 0 atom stereocenters. The molecule has 2 heterocycles. The van der Waals surface area contributed by atoms with Crippen molar-refractivity contribution in [3.63, 3.8) is 0 Å². The Morgan fingerprint density at radius 2 is 0.863 bits per heavy atom. The molecule has 0 aliphatic heterocycles. The van der Waals surface area contributed by atoms with Crippen LogP contribution in [0, 0.1) is 0 Å². The highest BCUT2D eigenvalue weighted by atomic mass is 16.3. The van der Waals surface area contributed by atoms with Gasteiger partial charge in [-0.05, 0) is 98.1 Å². The summed E-state index contributed by atoms with van der Waals surface area (Å²) in [6, 6.07) is 63.7. The van der Waals surface area contributed by atoms with Gasteiger partial charge in [0, 0.05) is 29.1 Å². The van der Waals surface area contributed by atoms with Gasteiger partial charge in [0.1, 0.15) is 5.52 Å². The SMILES string of the molecule is c1ccc(-c2cccc(-c3cc(-c4cccc(-c5cccnc5)c4)c4nc(-c5ccc(-c6ccccc6)cc5-c5ccccc5)oc4c3)c2)cc1. The summed E-state index contributed by atoms with van der Waals surface area (Å²) < 4.78 is 6.79. The first kappa shape index (κ1) is 30.2. The zero-order valence-corrected chi connectivity index (χ0v) is 27.8. The third-order valence-electron chi connectivity index (χ3n) is 9.41. The number of hydrogen-bond acceptors (Lipinski definition) is 3. The van der Waals surface area contributed by atoms with Crippen molar-refractivity contribution in [2.75, 3.05) is 0 Å². The minimum atomic E-state index is 0.586. The van der Waals surface area contributed by atoms with Crippen molar-refractivity contribution in [3.05, 3.63) is 194 Å². The molecule has 9 aromatic rings. The molecule has 2 aromatic heterocycles.